The van der Waals surface area contributed by atoms with Crippen LogP contribution in [0.1, 0.15) is 29.6 Å². The minimum atomic E-state index is 0.144. The van der Waals surface area contributed by atoms with Crippen LogP contribution in [0, 0.1) is 5.41 Å². The van der Waals surface area contributed by atoms with E-state index in [1.807, 2.05) is 36.4 Å². The zero-order chi connectivity index (χ0) is 18.1. The number of benzene rings is 1. The predicted molar refractivity (Wildman–Crippen MR) is 104 cm³/mol. The van der Waals surface area contributed by atoms with Gasteiger partial charge in [0.2, 0.25) is 0 Å². The van der Waals surface area contributed by atoms with Crippen LogP contribution in [0.3, 0.4) is 0 Å². The standard InChI is InChI=1S/C21H26N4O/c1-24-13-11-21(14-24)10-3-12-25(15-21)20(26)17-8-6-16(7-9-17)18-4-2-5-19(22)23-18/h2,4-9H,3,10-15H2,1H3,(H2,22,23). The Morgan fingerprint density at radius 1 is 1.08 bits per heavy atom. The van der Waals surface area contributed by atoms with Crippen LogP contribution in [0.25, 0.3) is 11.3 Å². The summed E-state index contributed by atoms with van der Waals surface area (Å²) in [6, 6.07) is 13.3. The number of nitrogens with zero attached hydrogens (tertiary/aromatic N) is 3. The van der Waals surface area contributed by atoms with Gasteiger partial charge >= 0.3 is 0 Å². The summed E-state index contributed by atoms with van der Waals surface area (Å²) in [5, 5.41) is 0. The van der Waals surface area contributed by atoms with Crippen molar-refractivity contribution in [2.24, 2.45) is 5.41 Å². The SMILES string of the molecule is CN1CCC2(CCCN(C(=O)c3ccc(-c4cccc(N)n4)cc3)C2)C1. The molecule has 2 saturated heterocycles. The summed E-state index contributed by atoms with van der Waals surface area (Å²) >= 11 is 0. The number of nitrogen functional groups attached to an aromatic ring is 1. The Bertz CT molecular complexity index is 800. The lowest BCUT2D eigenvalue weighted by Crippen LogP contribution is -2.47. The Morgan fingerprint density at radius 3 is 2.58 bits per heavy atom. The van der Waals surface area contributed by atoms with Gasteiger partial charge in [0.15, 0.2) is 0 Å². The summed E-state index contributed by atoms with van der Waals surface area (Å²) < 4.78 is 0. The lowest BCUT2D eigenvalue weighted by Gasteiger charge is -2.40. The molecule has 1 spiro atoms. The van der Waals surface area contributed by atoms with E-state index in [0.29, 0.717) is 11.2 Å². The fourth-order valence-corrected chi connectivity index (χ4v) is 4.45. The van der Waals surface area contributed by atoms with Crippen molar-refractivity contribution in [3.05, 3.63) is 48.0 Å². The normalized spacial score (nSPS) is 23.5. The number of hydrogen-bond acceptors (Lipinski definition) is 4. The molecule has 2 aliphatic heterocycles. The van der Waals surface area contributed by atoms with Crippen molar-refractivity contribution in [1.82, 2.24) is 14.8 Å². The number of rotatable bonds is 2. The second-order valence-electron chi connectivity index (χ2n) is 7.84. The molecule has 5 nitrogen and oxygen atoms in total. The summed E-state index contributed by atoms with van der Waals surface area (Å²) in [5.74, 6) is 0.647. The third-order valence-electron chi connectivity index (χ3n) is 5.78. The van der Waals surface area contributed by atoms with Gasteiger partial charge < -0.3 is 15.5 Å². The zero-order valence-electron chi connectivity index (χ0n) is 15.3. The third-order valence-corrected chi connectivity index (χ3v) is 5.78. The smallest absolute Gasteiger partial charge is 0.253 e. The highest BCUT2D eigenvalue weighted by molar-refractivity contribution is 5.94. The molecule has 3 heterocycles. The number of likely N-dealkylation sites (tertiary alicyclic amines) is 2. The monoisotopic (exact) mass is 350 g/mol. The average Bonchev–Trinajstić information content (AvgIpc) is 3.01. The summed E-state index contributed by atoms with van der Waals surface area (Å²) in [5.41, 5.74) is 8.62. The molecule has 26 heavy (non-hydrogen) atoms. The van der Waals surface area contributed by atoms with Crippen molar-refractivity contribution in [3.63, 3.8) is 0 Å². The van der Waals surface area contributed by atoms with E-state index in [2.05, 4.69) is 21.8 Å². The van der Waals surface area contributed by atoms with Gasteiger partial charge in [-0.05, 0) is 57.1 Å². The van der Waals surface area contributed by atoms with Crippen molar-refractivity contribution < 1.29 is 4.79 Å². The van der Waals surface area contributed by atoms with Crippen LogP contribution in [0.15, 0.2) is 42.5 Å². The summed E-state index contributed by atoms with van der Waals surface area (Å²) in [6.45, 7) is 4.00. The van der Waals surface area contributed by atoms with Crippen LogP contribution in [-0.2, 0) is 0 Å². The summed E-state index contributed by atoms with van der Waals surface area (Å²) in [6.07, 6.45) is 3.54. The van der Waals surface area contributed by atoms with E-state index in [0.717, 1.165) is 49.4 Å². The van der Waals surface area contributed by atoms with E-state index < -0.39 is 0 Å². The second kappa shape index (κ2) is 6.72. The number of carbonyl (C=O) groups is 1. The van der Waals surface area contributed by atoms with E-state index in [4.69, 9.17) is 5.73 Å². The molecule has 2 aliphatic rings. The predicted octanol–water partition coefficient (Wildman–Crippen LogP) is 2.89. The van der Waals surface area contributed by atoms with Crippen molar-refractivity contribution in [3.8, 4) is 11.3 Å². The molecule has 1 aromatic carbocycles. The van der Waals surface area contributed by atoms with Crippen LogP contribution in [-0.4, -0.2) is 53.9 Å². The molecule has 2 fully saturated rings. The van der Waals surface area contributed by atoms with Crippen LogP contribution in [0.4, 0.5) is 5.82 Å². The topological polar surface area (TPSA) is 62.5 Å². The average molecular weight is 350 g/mol. The van der Waals surface area contributed by atoms with Crippen molar-refractivity contribution in [1.29, 1.82) is 0 Å². The van der Waals surface area contributed by atoms with Crippen LogP contribution in [0.5, 0.6) is 0 Å². The molecule has 0 saturated carbocycles. The molecular weight excluding hydrogens is 324 g/mol. The molecule has 1 atom stereocenters. The molecule has 2 aromatic rings. The quantitative estimate of drug-likeness (QED) is 0.905. The lowest BCUT2D eigenvalue weighted by molar-refractivity contribution is 0.0534. The minimum Gasteiger partial charge on any atom is -0.384 e. The van der Waals surface area contributed by atoms with E-state index in [1.165, 1.54) is 12.8 Å². The molecule has 136 valence electrons. The van der Waals surface area contributed by atoms with E-state index in [1.54, 1.807) is 6.07 Å². The van der Waals surface area contributed by atoms with Gasteiger partial charge in [-0.3, -0.25) is 4.79 Å². The van der Waals surface area contributed by atoms with Gasteiger partial charge in [-0.25, -0.2) is 4.98 Å². The maximum Gasteiger partial charge on any atom is 0.253 e. The first-order valence-electron chi connectivity index (χ1n) is 9.36. The van der Waals surface area contributed by atoms with Crippen molar-refractivity contribution >= 4 is 11.7 Å². The van der Waals surface area contributed by atoms with Crippen molar-refractivity contribution in [2.75, 3.05) is 39.0 Å². The third kappa shape index (κ3) is 3.31. The Labute approximate surface area is 154 Å². The Kier molecular flexibility index (Phi) is 4.41. The van der Waals surface area contributed by atoms with Crippen LogP contribution < -0.4 is 5.73 Å². The molecule has 1 aromatic heterocycles. The highest BCUT2D eigenvalue weighted by atomic mass is 16.2. The number of amides is 1. The van der Waals surface area contributed by atoms with Gasteiger partial charge in [0.05, 0.1) is 5.69 Å². The summed E-state index contributed by atoms with van der Waals surface area (Å²) in [4.78, 5) is 21.8. The number of nitrogens with two attached hydrogens (primary N) is 1. The fraction of sp³-hybridized carbons (Fsp3) is 0.429. The molecule has 2 N–H and O–H groups in total. The van der Waals surface area contributed by atoms with Crippen LogP contribution >= 0.6 is 0 Å². The van der Waals surface area contributed by atoms with Gasteiger partial charge in [-0.2, -0.15) is 0 Å². The lowest BCUT2D eigenvalue weighted by atomic mass is 9.79. The zero-order valence-corrected chi connectivity index (χ0v) is 15.3. The second-order valence-corrected chi connectivity index (χ2v) is 7.84. The number of pyridine rings is 1. The maximum absolute atomic E-state index is 13.0. The van der Waals surface area contributed by atoms with E-state index in [9.17, 15) is 4.79 Å². The van der Waals surface area contributed by atoms with Gasteiger partial charge in [-0.1, -0.05) is 18.2 Å². The van der Waals surface area contributed by atoms with E-state index >= 15 is 0 Å². The first kappa shape index (κ1) is 17.0. The summed E-state index contributed by atoms with van der Waals surface area (Å²) in [7, 11) is 2.18. The molecule has 4 rings (SSSR count). The molecule has 0 aliphatic carbocycles. The number of hydrogen-bond donors (Lipinski definition) is 1. The Morgan fingerprint density at radius 2 is 1.88 bits per heavy atom. The first-order valence-corrected chi connectivity index (χ1v) is 9.36. The largest absolute Gasteiger partial charge is 0.384 e. The van der Waals surface area contributed by atoms with Gasteiger partial charge in [0.1, 0.15) is 5.82 Å². The van der Waals surface area contributed by atoms with Crippen molar-refractivity contribution in [2.45, 2.75) is 19.3 Å². The number of aromatic nitrogens is 1. The molecular formula is C21H26N4O. The highest BCUT2D eigenvalue weighted by Crippen LogP contribution is 2.38. The highest BCUT2D eigenvalue weighted by Gasteiger charge is 2.41. The van der Waals surface area contributed by atoms with Crippen LogP contribution in [0.2, 0.25) is 0 Å². The van der Waals surface area contributed by atoms with Gasteiger partial charge in [-0.15, -0.1) is 0 Å². The molecule has 5 heteroatoms. The Hall–Kier alpha value is -2.40. The number of piperidine rings is 1. The maximum atomic E-state index is 13.0. The fourth-order valence-electron chi connectivity index (χ4n) is 4.45. The molecule has 1 amide bonds. The van der Waals surface area contributed by atoms with Gasteiger partial charge in [0, 0.05) is 36.2 Å². The Balaban J connectivity index is 1.49. The van der Waals surface area contributed by atoms with Gasteiger partial charge in [0.25, 0.3) is 5.91 Å². The number of anilines is 1. The molecule has 0 radical (unpaired) electrons. The minimum absolute atomic E-state index is 0.144. The number of carbonyl (C=O) groups excluding carboxylic acids is 1. The van der Waals surface area contributed by atoms with E-state index in [-0.39, 0.29) is 5.91 Å². The molecule has 0 bridgehead atoms. The first-order chi connectivity index (χ1) is 12.5. The molecule has 1 unspecified atom stereocenters.